The minimum atomic E-state index is -3.95. The number of nitrogens with zero attached hydrogens (tertiary/aromatic N) is 2. The van der Waals surface area contributed by atoms with Crippen LogP contribution in [0.1, 0.15) is 35.8 Å². The number of anilines is 1. The normalized spacial score (nSPS) is 17.1. The van der Waals surface area contributed by atoms with Crippen LogP contribution in [0.4, 0.5) is 5.69 Å². The Morgan fingerprint density at radius 2 is 2.03 bits per heavy atom. The van der Waals surface area contributed by atoms with Gasteiger partial charge in [-0.1, -0.05) is 15.9 Å². The van der Waals surface area contributed by atoms with Crippen LogP contribution in [0.5, 0.6) is 0 Å². The molecule has 1 aliphatic heterocycles. The summed E-state index contributed by atoms with van der Waals surface area (Å²) in [6.45, 7) is 4.01. The average molecular weight is 498 g/mol. The molecule has 1 saturated heterocycles. The first-order valence-electron chi connectivity index (χ1n) is 9.57. The summed E-state index contributed by atoms with van der Waals surface area (Å²) in [6.07, 6.45) is 2.37. The Morgan fingerprint density at radius 3 is 2.70 bits per heavy atom. The van der Waals surface area contributed by atoms with E-state index in [-0.39, 0.29) is 29.6 Å². The Hall–Kier alpha value is -2.17. The van der Waals surface area contributed by atoms with Gasteiger partial charge >= 0.3 is 5.97 Å². The molecule has 1 atom stereocenters. The molecule has 8 nitrogen and oxygen atoms in total. The summed E-state index contributed by atoms with van der Waals surface area (Å²) in [7, 11) is -2.38. The van der Waals surface area contributed by atoms with Crippen LogP contribution >= 0.6 is 15.9 Å². The van der Waals surface area contributed by atoms with Crippen LogP contribution in [0, 0.1) is 6.92 Å². The quantitative estimate of drug-likeness (QED) is 0.618. The van der Waals surface area contributed by atoms with Gasteiger partial charge in [0.25, 0.3) is 0 Å². The highest BCUT2D eigenvalue weighted by atomic mass is 79.9. The predicted octanol–water partition coefficient (Wildman–Crippen LogP) is 3.06. The lowest BCUT2D eigenvalue weighted by atomic mass is 10.2. The van der Waals surface area contributed by atoms with E-state index >= 15 is 0 Å². The first-order chi connectivity index (χ1) is 14.1. The van der Waals surface area contributed by atoms with Crippen molar-refractivity contribution < 1.29 is 22.7 Å². The van der Waals surface area contributed by atoms with Gasteiger partial charge in [-0.05, 0) is 56.5 Å². The molecule has 1 amide bonds. The lowest BCUT2D eigenvalue weighted by molar-refractivity contribution is -0.119. The zero-order valence-electron chi connectivity index (χ0n) is 17.0. The molecular formula is C20H24BrN3O5S. The van der Waals surface area contributed by atoms with Crippen LogP contribution in [-0.4, -0.2) is 48.4 Å². The van der Waals surface area contributed by atoms with E-state index in [9.17, 15) is 18.0 Å². The molecule has 2 heterocycles. The topological polar surface area (TPSA) is 97.7 Å². The first-order valence-corrected chi connectivity index (χ1v) is 11.8. The fourth-order valence-electron chi connectivity index (χ4n) is 3.46. The Morgan fingerprint density at radius 1 is 1.30 bits per heavy atom. The van der Waals surface area contributed by atoms with E-state index in [1.54, 1.807) is 20.0 Å². The van der Waals surface area contributed by atoms with Gasteiger partial charge in [-0.2, -0.15) is 4.31 Å². The molecule has 0 radical (unpaired) electrons. The molecule has 0 aliphatic carbocycles. The number of nitrogens with one attached hydrogen (secondary N) is 1. The highest BCUT2D eigenvalue weighted by molar-refractivity contribution is 9.10. The van der Waals surface area contributed by atoms with Crippen LogP contribution in [0.25, 0.3) is 0 Å². The Labute approximate surface area is 184 Å². The van der Waals surface area contributed by atoms with Crippen LogP contribution < -0.4 is 5.32 Å². The molecule has 2 aromatic rings. The molecule has 162 valence electrons. The van der Waals surface area contributed by atoms with Crippen molar-refractivity contribution in [1.29, 1.82) is 0 Å². The van der Waals surface area contributed by atoms with E-state index in [1.807, 2.05) is 19.1 Å². The number of aryl methyl sites for hydroxylation is 2. The van der Waals surface area contributed by atoms with Gasteiger partial charge in [0.1, 0.15) is 16.6 Å². The van der Waals surface area contributed by atoms with Crippen molar-refractivity contribution in [2.75, 3.05) is 18.5 Å². The monoisotopic (exact) mass is 497 g/mol. The number of hydrogen-bond donors (Lipinski definition) is 1. The van der Waals surface area contributed by atoms with E-state index in [4.69, 9.17) is 4.74 Å². The second kappa shape index (κ2) is 8.91. The number of esters is 1. The van der Waals surface area contributed by atoms with E-state index in [0.717, 1.165) is 10.0 Å². The van der Waals surface area contributed by atoms with E-state index in [2.05, 4.69) is 21.2 Å². The number of hydrogen-bond acceptors (Lipinski definition) is 5. The summed E-state index contributed by atoms with van der Waals surface area (Å²) in [4.78, 5) is 24.9. The van der Waals surface area contributed by atoms with Gasteiger partial charge < -0.3 is 14.6 Å². The fourth-order valence-corrected chi connectivity index (χ4v) is 5.43. The number of rotatable bonds is 6. The molecule has 1 aliphatic rings. The van der Waals surface area contributed by atoms with Gasteiger partial charge in [0.2, 0.25) is 15.9 Å². The van der Waals surface area contributed by atoms with Gasteiger partial charge in [-0.15, -0.1) is 0 Å². The molecular weight excluding hydrogens is 474 g/mol. The Kier molecular flexibility index (Phi) is 6.68. The first kappa shape index (κ1) is 22.5. The smallest absolute Gasteiger partial charge is 0.354 e. The third-order valence-electron chi connectivity index (χ3n) is 5.00. The van der Waals surface area contributed by atoms with Crippen LogP contribution in [0.3, 0.4) is 0 Å². The summed E-state index contributed by atoms with van der Waals surface area (Å²) >= 11 is 3.42. The standard InChI is InChI=1S/C20H24BrN3O5S/c1-4-29-20(26)18-11-15(12-23(18)3)30(27,28)24-9-5-6-17(24)19(25)22-14-7-8-16(21)13(2)10-14/h7-8,10-12,17H,4-6,9H2,1-3H3,(H,22,25). The number of halogens is 1. The number of ether oxygens (including phenoxy) is 1. The van der Waals surface area contributed by atoms with Gasteiger partial charge in [0.05, 0.1) is 6.61 Å². The molecule has 1 aromatic carbocycles. The second-order valence-electron chi connectivity index (χ2n) is 7.12. The molecule has 30 heavy (non-hydrogen) atoms. The lowest BCUT2D eigenvalue weighted by Crippen LogP contribution is -2.43. The van der Waals surface area contributed by atoms with Crippen molar-refractivity contribution in [2.24, 2.45) is 7.05 Å². The van der Waals surface area contributed by atoms with Crippen molar-refractivity contribution in [3.63, 3.8) is 0 Å². The summed E-state index contributed by atoms with van der Waals surface area (Å²) in [5.41, 5.74) is 1.70. The Balaban J connectivity index is 1.83. The third kappa shape index (κ3) is 4.45. The molecule has 3 rings (SSSR count). The molecule has 10 heteroatoms. The maximum atomic E-state index is 13.2. The SMILES string of the molecule is CCOC(=O)c1cc(S(=O)(=O)N2CCCC2C(=O)Nc2ccc(Br)c(C)c2)cn1C. The highest BCUT2D eigenvalue weighted by Gasteiger charge is 2.40. The maximum absolute atomic E-state index is 13.2. The van der Waals surface area contributed by atoms with E-state index in [0.29, 0.717) is 18.5 Å². The van der Waals surface area contributed by atoms with Gasteiger partial charge in [-0.3, -0.25) is 4.79 Å². The average Bonchev–Trinajstić information content (AvgIpc) is 3.32. The fraction of sp³-hybridized carbons (Fsp3) is 0.400. The summed E-state index contributed by atoms with van der Waals surface area (Å²) < 4.78 is 35.0. The summed E-state index contributed by atoms with van der Waals surface area (Å²) in [5.74, 6) is -0.970. The van der Waals surface area contributed by atoms with Crippen molar-refractivity contribution in [1.82, 2.24) is 8.87 Å². The second-order valence-corrected chi connectivity index (χ2v) is 9.86. The number of sulfonamides is 1. The molecule has 0 saturated carbocycles. The minimum absolute atomic E-state index is 0.0350. The zero-order chi connectivity index (χ0) is 22.1. The number of aromatic nitrogens is 1. The molecule has 0 bridgehead atoms. The number of benzene rings is 1. The Bertz CT molecular complexity index is 1080. The van der Waals surface area contributed by atoms with E-state index < -0.39 is 22.0 Å². The molecule has 1 unspecified atom stereocenters. The van der Waals surface area contributed by atoms with Gasteiger partial charge in [0.15, 0.2) is 0 Å². The largest absolute Gasteiger partial charge is 0.461 e. The minimum Gasteiger partial charge on any atom is -0.461 e. The molecule has 1 fully saturated rings. The van der Waals surface area contributed by atoms with Crippen molar-refractivity contribution >= 4 is 43.5 Å². The van der Waals surface area contributed by atoms with Crippen molar-refractivity contribution in [2.45, 2.75) is 37.6 Å². The van der Waals surface area contributed by atoms with Crippen molar-refractivity contribution in [3.05, 3.63) is 46.2 Å². The maximum Gasteiger partial charge on any atom is 0.354 e. The van der Waals surface area contributed by atoms with Gasteiger partial charge in [-0.25, -0.2) is 13.2 Å². The van der Waals surface area contributed by atoms with Crippen LogP contribution in [0.2, 0.25) is 0 Å². The van der Waals surface area contributed by atoms with E-state index in [1.165, 1.54) is 21.1 Å². The van der Waals surface area contributed by atoms with Crippen molar-refractivity contribution in [3.8, 4) is 0 Å². The molecule has 0 spiro atoms. The lowest BCUT2D eigenvalue weighted by Gasteiger charge is -2.23. The van der Waals surface area contributed by atoms with Gasteiger partial charge in [0, 0.05) is 29.9 Å². The number of carbonyl (C=O) groups is 2. The third-order valence-corrected chi connectivity index (χ3v) is 7.77. The number of amides is 1. The highest BCUT2D eigenvalue weighted by Crippen LogP contribution is 2.28. The molecule has 1 N–H and O–H groups in total. The zero-order valence-corrected chi connectivity index (χ0v) is 19.4. The summed E-state index contributed by atoms with van der Waals surface area (Å²) in [5, 5.41) is 2.81. The summed E-state index contributed by atoms with van der Waals surface area (Å²) in [6, 6.07) is 5.88. The number of carbonyl (C=O) groups excluding carboxylic acids is 2. The molecule has 1 aromatic heterocycles. The van der Waals surface area contributed by atoms with Crippen LogP contribution in [0.15, 0.2) is 39.8 Å². The predicted molar refractivity (Wildman–Crippen MR) is 116 cm³/mol. The van der Waals surface area contributed by atoms with Crippen LogP contribution in [-0.2, 0) is 26.6 Å².